The zero-order valence-electron chi connectivity index (χ0n) is 4.87. The van der Waals surface area contributed by atoms with Gasteiger partial charge in [-0.05, 0) is 13.1 Å². The lowest BCUT2D eigenvalue weighted by molar-refractivity contribution is 0.537. The summed E-state index contributed by atoms with van der Waals surface area (Å²) in [4.78, 5) is 0. The van der Waals surface area contributed by atoms with Crippen LogP contribution in [0.5, 0.6) is 0 Å². The van der Waals surface area contributed by atoms with E-state index in [1.54, 1.807) is 0 Å². The quantitative estimate of drug-likeness (QED) is 0.417. The molecule has 1 rings (SSSR count). The van der Waals surface area contributed by atoms with Gasteiger partial charge in [0.05, 0.1) is 0 Å². The molecule has 0 N–H and O–H groups in total. The standard InChI is InChI=1S/C3H8Cl2OSi2/c1-7(4)3-8(2,5)6-7/h3H2,1-2H3. The van der Waals surface area contributed by atoms with E-state index in [2.05, 4.69) is 0 Å². The smallest absolute Gasteiger partial charge is 0.278 e. The van der Waals surface area contributed by atoms with E-state index in [-0.39, 0.29) is 0 Å². The van der Waals surface area contributed by atoms with E-state index in [4.69, 9.17) is 26.3 Å². The second-order valence-electron chi connectivity index (χ2n) is 2.48. The monoisotopic (exact) mass is 186 g/mol. The lowest BCUT2D eigenvalue weighted by atomic mass is 11.8. The molecule has 1 heterocycles. The second kappa shape index (κ2) is 1.73. The molecule has 0 amide bonds. The van der Waals surface area contributed by atoms with E-state index in [1.165, 1.54) is 0 Å². The maximum Gasteiger partial charge on any atom is 0.278 e. The van der Waals surface area contributed by atoms with Crippen LogP contribution in [0.1, 0.15) is 0 Å². The van der Waals surface area contributed by atoms with Crippen molar-refractivity contribution in [1.82, 2.24) is 0 Å². The predicted octanol–water partition coefficient (Wildman–Crippen LogP) is 2.18. The van der Waals surface area contributed by atoms with Gasteiger partial charge in [0, 0.05) is 5.67 Å². The van der Waals surface area contributed by atoms with Crippen LogP contribution in [0.15, 0.2) is 0 Å². The Morgan fingerprint density at radius 1 is 1.25 bits per heavy atom. The molecule has 0 spiro atoms. The van der Waals surface area contributed by atoms with Gasteiger partial charge in [-0.2, -0.15) is 0 Å². The molecule has 1 aliphatic rings. The molecule has 0 saturated carbocycles. The van der Waals surface area contributed by atoms with E-state index in [0.717, 1.165) is 5.67 Å². The fraction of sp³-hybridized carbons (Fsp3) is 1.00. The summed E-state index contributed by atoms with van der Waals surface area (Å²) in [6, 6.07) is 0. The minimum absolute atomic E-state index is 0.989. The van der Waals surface area contributed by atoms with Crippen LogP contribution in [0.4, 0.5) is 0 Å². The Kier molecular flexibility index (Phi) is 1.53. The SMILES string of the molecule is C[Si]1(Cl)C[Si](C)(Cl)O1. The van der Waals surface area contributed by atoms with Crippen molar-refractivity contribution in [3.05, 3.63) is 0 Å². The number of hydrogen-bond donors (Lipinski definition) is 0. The van der Waals surface area contributed by atoms with Gasteiger partial charge in [0.15, 0.2) is 0 Å². The Hall–Kier alpha value is 0.974. The van der Waals surface area contributed by atoms with Gasteiger partial charge in [0.25, 0.3) is 15.3 Å². The summed E-state index contributed by atoms with van der Waals surface area (Å²) in [5.74, 6) is 0. The molecular formula is C3H8Cl2OSi2. The molecule has 48 valence electrons. The predicted molar refractivity (Wildman–Crippen MR) is 40.8 cm³/mol. The molecular weight excluding hydrogens is 179 g/mol. The third-order valence-corrected chi connectivity index (χ3v) is 13.3. The van der Waals surface area contributed by atoms with Crippen LogP contribution in [0.2, 0.25) is 18.8 Å². The zero-order chi connectivity index (χ0) is 6.41. The van der Waals surface area contributed by atoms with Crippen molar-refractivity contribution in [2.45, 2.75) is 18.8 Å². The molecule has 1 saturated heterocycles. The molecule has 0 radical (unpaired) electrons. The summed E-state index contributed by atoms with van der Waals surface area (Å²) >= 11 is 11.7. The van der Waals surface area contributed by atoms with Crippen molar-refractivity contribution in [3.8, 4) is 0 Å². The van der Waals surface area contributed by atoms with Crippen LogP contribution in [-0.4, -0.2) is 15.3 Å². The van der Waals surface area contributed by atoms with E-state index in [1.807, 2.05) is 13.1 Å². The second-order valence-corrected chi connectivity index (χ2v) is 13.9. The van der Waals surface area contributed by atoms with E-state index in [9.17, 15) is 0 Å². The minimum Gasteiger partial charge on any atom is -0.433 e. The Labute approximate surface area is 60.6 Å². The number of rotatable bonds is 0. The Morgan fingerprint density at radius 2 is 1.50 bits per heavy atom. The zero-order valence-corrected chi connectivity index (χ0v) is 8.38. The van der Waals surface area contributed by atoms with Crippen molar-refractivity contribution in [2.75, 3.05) is 0 Å². The van der Waals surface area contributed by atoms with Crippen molar-refractivity contribution < 1.29 is 4.12 Å². The molecule has 1 aliphatic heterocycles. The first-order chi connectivity index (χ1) is 3.41. The van der Waals surface area contributed by atoms with Crippen LogP contribution in [-0.2, 0) is 4.12 Å². The molecule has 2 atom stereocenters. The summed E-state index contributed by atoms with van der Waals surface area (Å²) < 4.78 is 5.32. The molecule has 1 nitrogen and oxygen atoms in total. The summed E-state index contributed by atoms with van der Waals surface area (Å²) in [5.41, 5.74) is 0.989. The number of hydrogen-bond acceptors (Lipinski definition) is 1. The van der Waals surface area contributed by atoms with Gasteiger partial charge in [-0.3, -0.25) is 0 Å². The molecule has 0 aromatic heterocycles. The molecule has 0 aromatic rings. The van der Waals surface area contributed by atoms with Gasteiger partial charge in [-0.25, -0.2) is 0 Å². The summed E-state index contributed by atoms with van der Waals surface area (Å²) in [5, 5.41) is 0. The van der Waals surface area contributed by atoms with Crippen molar-refractivity contribution in [2.24, 2.45) is 0 Å². The van der Waals surface area contributed by atoms with E-state index < -0.39 is 15.3 Å². The third-order valence-electron chi connectivity index (χ3n) is 1.06. The molecule has 0 aliphatic carbocycles. The van der Waals surface area contributed by atoms with E-state index >= 15 is 0 Å². The molecule has 1 fully saturated rings. The Balaban J connectivity index is 2.42. The minimum atomic E-state index is -1.68. The fourth-order valence-electron chi connectivity index (χ4n) is 0.999. The first-order valence-electron chi connectivity index (χ1n) is 2.49. The van der Waals surface area contributed by atoms with Crippen LogP contribution >= 0.6 is 22.2 Å². The van der Waals surface area contributed by atoms with E-state index in [0.29, 0.717) is 0 Å². The van der Waals surface area contributed by atoms with Crippen LogP contribution in [0.3, 0.4) is 0 Å². The fourth-order valence-corrected chi connectivity index (χ4v) is 17.6. The van der Waals surface area contributed by atoms with Gasteiger partial charge in [-0.1, -0.05) is 0 Å². The molecule has 0 aromatic carbocycles. The lowest BCUT2D eigenvalue weighted by Crippen LogP contribution is -2.57. The summed E-state index contributed by atoms with van der Waals surface area (Å²) in [6.45, 7) is 3.96. The topological polar surface area (TPSA) is 9.23 Å². The van der Waals surface area contributed by atoms with Gasteiger partial charge in [-0.15, -0.1) is 22.2 Å². The van der Waals surface area contributed by atoms with Gasteiger partial charge < -0.3 is 4.12 Å². The molecule has 8 heavy (non-hydrogen) atoms. The first-order valence-corrected chi connectivity index (χ1v) is 9.75. The molecule has 0 bridgehead atoms. The highest BCUT2D eigenvalue weighted by Crippen LogP contribution is 2.40. The lowest BCUT2D eigenvalue weighted by Gasteiger charge is -2.41. The average Bonchev–Trinajstić information content (AvgIpc) is 1.20. The highest BCUT2D eigenvalue weighted by Gasteiger charge is 2.52. The maximum absolute atomic E-state index is 5.86. The third kappa shape index (κ3) is 1.48. The average molecular weight is 187 g/mol. The summed E-state index contributed by atoms with van der Waals surface area (Å²) in [6.07, 6.45) is 0. The first kappa shape index (κ1) is 7.09. The molecule has 2 unspecified atom stereocenters. The number of halogens is 2. The normalized spacial score (nSPS) is 55.5. The van der Waals surface area contributed by atoms with Crippen LogP contribution in [0, 0.1) is 0 Å². The Bertz CT molecular complexity index is 91.9. The van der Waals surface area contributed by atoms with Crippen molar-refractivity contribution >= 4 is 37.4 Å². The maximum atomic E-state index is 5.86. The highest BCUT2D eigenvalue weighted by molar-refractivity contribution is 7.37. The van der Waals surface area contributed by atoms with Crippen molar-refractivity contribution in [3.63, 3.8) is 0 Å². The van der Waals surface area contributed by atoms with Crippen molar-refractivity contribution in [1.29, 1.82) is 0 Å². The Morgan fingerprint density at radius 3 is 1.50 bits per heavy atom. The van der Waals surface area contributed by atoms with Gasteiger partial charge >= 0.3 is 0 Å². The largest absolute Gasteiger partial charge is 0.433 e. The van der Waals surface area contributed by atoms with Gasteiger partial charge in [0.1, 0.15) is 0 Å². The molecule has 5 heteroatoms. The van der Waals surface area contributed by atoms with Crippen LogP contribution in [0.25, 0.3) is 0 Å². The van der Waals surface area contributed by atoms with Crippen LogP contribution < -0.4 is 0 Å². The van der Waals surface area contributed by atoms with Gasteiger partial charge in [0.2, 0.25) is 0 Å². The summed E-state index contributed by atoms with van der Waals surface area (Å²) in [7, 11) is -3.37. The highest BCUT2D eigenvalue weighted by atomic mass is 35.6.